The van der Waals surface area contributed by atoms with Crippen LogP contribution in [-0.4, -0.2) is 30.2 Å². The van der Waals surface area contributed by atoms with Crippen molar-refractivity contribution >= 4 is 24.1 Å². The highest BCUT2D eigenvalue weighted by Crippen LogP contribution is 2.06. The maximum Gasteiger partial charge on any atom is 0.617 e. The predicted octanol–water partition coefficient (Wildman–Crippen LogP) is 0.490. The minimum Gasteiger partial charge on any atom is -0.525 e. The van der Waals surface area contributed by atoms with Crippen LogP contribution in [-0.2, 0) is 9.31 Å². The van der Waals surface area contributed by atoms with Crippen molar-refractivity contribution < 1.29 is 19.2 Å². The molecule has 0 aromatic heterocycles. The van der Waals surface area contributed by atoms with Crippen LogP contribution < -0.4 is 5.32 Å². The van der Waals surface area contributed by atoms with Gasteiger partial charge in [0.1, 0.15) is 6.26 Å². The summed E-state index contributed by atoms with van der Waals surface area (Å²) in [4.78, 5) is 10.7. The quantitative estimate of drug-likeness (QED) is 0.618. The summed E-state index contributed by atoms with van der Waals surface area (Å²) in [6, 6.07) is 0. The van der Waals surface area contributed by atoms with E-state index in [1.165, 1.54) is 0 Å². The van der Waals surface area contributed by atoms with E-state index >= 15 is 0 Å². The molecule has 0 unspecified atom stereocenters. The molecule has 0 saturated carbocycles. The summed E-state index contributed by atoms with van der Waals surface area (Å²) in [6.07, 6.45) is 2.98. The van der Waals surface area contributed by atoms with Gasteiger partial charge in [-0.25, -0.2) is 0 Å². The van der Waals surface area contributed by atoms with E-state index in [0.29, 0.717) is 0 Å². The molecule has 1 rings (SSSR count). The first-order chi connectivity index (χ1) is 5.72. The highest BCUT2D eigenvalue weighted by molar-refractivity contribution is 8.12. The van der Waals surface area contributed by atoms with Crippen LogP contribution in [0.15, 0.2) is 12.2 Å². The Labute approximate surface area is 74.3 Å². The van der Waals surface area contributed by atoms with Gasteiger partial charge in [-0.05, 0) is 6.26 Å². The Morgan fingerprint density at radius 3 is 3.17 bits per heavy atom. The summed E-state index contributed by atoms with van der Waals surface area (Å²) in [5, 5.41) is 11.1. The van der Waals surface area contributed by atoms with Crippen molar-refractivity contribution in [2.75, 3.05) is 12.7 Å². The van der Waals surface area contributed by atoms with Crippen LogP contribution in [0.2, 0.25) is 0 Å². The molecule has 0 bridgehead atoms. The van der Waals surface area contributed by atoms with E-state index in [2.05, 4.69) is 5.32 Å². The topological polar surface area (TPSA) is 67.8 Å². The maximum absolute atomic E-state index is 10.7. The molecule has 0 aromatic carbocycles. The number of hydrogen-bond acceptors (Lipinski definition) is 5. The van der Waals surface area contributed by atoms with Crippen molar-refractivity contribution in [1.82, 2.24) is 5.32 Å². The van der Waals surface area contributed by atoms with Crippen molar-refractivity contribution in [2.24, 2.45) is 0 Å². The Morgan fingerprint density at radius 2 is 2.67 bits per heavy atom. The molecule has 66 valence electrons. The van der Waals surface area contributed by atoms with Gasteiger partial charge in [-0.1, -0.05) is 11.8 Å². The lowest BCUT2D eigenvalue weighted by Gasteiger charge is -2.04. The molecule has 0 aromatic rings. The molecular weight excluding hydrogens is 181 g/mol. The largest absolute Gasteiger partial charge is 0.617 e. The maximum atomic E-state index is 10.7. The molecular formula is C5H8BNO4S. The molecule has 0 spiro atoms. The summed E-state index contributed by atoms with van der Waals surface area (Å²) in [7, 11) is -0.610. The van der Waals surface area contributed by atoms with E-state index < -0.39 is 7.12 Å². The van der Waals surface area contributed by atoms with Gasteiger partial charge < -0.3 is 19.7 Å². The minimum absolute atomic E-state index is 0.159. The van der Waals surface area contributed by atoms with Crippen LogP contribution >= 0.6 is 11.8 Å². The summed E-state index contributed by atoms with van der Waals surface area (Å²) in [5.74, 6) is -0.265. The van der Waals surface area contributed by atoms with Gasteiger partial charge in [-0.2, -0.15) is 0 Å². The summed E-state index contributed by atoms with van der Waals surface area (Å²) in [6.45, 7) is 0. The smallest absolute Gasteiger partial charge is 0.525 e. The SMILES string of the molecule is CSC(=O)NCB1OC=C(O)O1. The standard InChI is InChI=1S/C5H8BNO4S/c1-12-5(9)7-3-6-10-2-4(8)11-6/h2,8H,3H2,1H3,(H,7,9). The first kappa shape index (κ1) is 9.12. The highest BCUT2D eigenvalue weighted by Gasteiger charge is 2.28. The summed E-state index contributed by atoms with van der Waals surface area (Å²) >= 11 is 1.07. The van der Waals surface area contributed by atoms with E-state index in [4.69, 9.17) is 14.4 Å². The van der Waals surface area contributed by atoms with E-state index in [1.807, 2.05) is 0 Å². The molecule has 1 aliphatic rings. The molecule has 0 aliphatic carbocycles. The predicted molar refractivity (Wildman–Crippen MR) is 45.5 cm³/mol. The number of carbonyl (C=O) groups is 1. The lowest BCUT2D eigenvalue weighted by Crippen LogP contribution is -2.34. The molecule has 0 radical (unpaired) electrons. The normalized spacial score (nSPS) is 14.8. The Balaban J connectivity index is 2.14. The number of aliphatic hydroxyl groups is 1. The van der Waals surface area contributed by atoms with Gasteiger partial charge in [-0.3, -0.25) is 4.79 Å². The van der Waals surface area contributed by atoms with Crippen LogP contribution in [0.4, 0.5) is 4.79 Å². The molecule has 1 aliphatic heterocycles. The van der Waals surface area contributed by atoms with E-state index in [9.17, 15) is 4.79 Å². The van der Waals surface area contributed by atoms with E-state index in [-0.39, 0.29) is 17.6 Å². The zero-order valence-corrected chi connectivity index (χ0v) is 7.26. The van der Waals surface area contributed by atoms with Gasteiger partial charge in [0, 0.05) is 0 Å². The Kier molecular flexibility index (Phi) is 3.15. The van der Waals surface area contributed by atoms with Gasteiger partial charge in [0.2, 0.25) is 0 Å². The monoisotopic (exact) mass is 189 g/mol. The van der Waals surface area contributed by atoms with Gasteiger partial charge in [0.15, 0.2) is 0 Å². The molecule has 5 nitrogen and oxygen atoms in total. The Morgan fingerprint density at radius 1 is 1.92 bits per heavy atom. The van der Waals surface area contributed by atoms with E-state index in [0.717, 1.165) is 18.0 Å². The number of nitrogens with one attached hydrogen (secondary N) is 1. The molecule has 1 amide bonds. The first-order valence-electron chi connectivity index (χ1n) is 3.25. The second-order valence-electron chi connectivity index (χ2n) is 2.01. The van der Waals surface area contributed by atoms with Crippen LogP contribution in [0.25, 0.3) is 0 Å². The van der Waals surface area contributed by atoms with Crippen molar-refractivity contribution in [2.45, 2.75) is 0 Å². The number of thioether (sulfide) groups is 1. The second kappa shape index (κ2) is 4.15. The molecule has 7 heteroatoms. The molecule has 12 heavy (non-hydrogen) atoms. The van der Waals surface area contributed by atoms with Gasteiger partial charge in [-0.15, -0.1) is 0 Å². The zero-order chi connectivity index (χ0) is 8.97. The fourth-order valence-corrected chi connectivity index (χ4v) is 0.881. The third-order valence-electron chi connectivity index (χ3n) is 1.17. The Hall–Kier alpha value is -0.975. The van der Waals surface area contributed by atoms with E-state index in [1.54, 1.807) is 6.26 Å². The van der Waals surface area contributed by atoms with Crippen molar-refractivity contribution in [3.63, 3.8) is 0 Å². The van der Waals surface area contributed by atoms with Gasteiger partial charge in [0.25, 0.3) is 11.2 Å². The van der Waals surface area contributed by atoms with Crippen molar-refractivity contribution in [3.8, 4) is 0 Å². The number of hydrogen-bond donors (Lipinski definition) is 2. The molecule has 0 atom stereocenters. The van der Waals surface area contributed by atoms with Crippen LogP contribution in [0.3, 0.4) is 0 Å². The third-order valence-corrected chi connectivity index (χ3v) is 1.69. The second-order valence-corrected chi connectivity index (χ2v) is 2.79. The average molecular weight is 189 g/mol. The lowest BCUT2D eigenvalue weighted by atomic mass is 9.91. The van der Waals surface area contributed by atoms with Crippen molar-refractivity contribution in [3.05, 3.63) is 12.2 Å². The van der Waals surface area contributed by atoms with Gasteiger partial charge >= 0.3 is 7.12 Å². The fourth-order valence-electron chi connectivity index (χ4n) is 0.653. The summed E-state index contributed by atoms with van der Waals surface area (Å²) in [5.41, 5.74) is 0. The zero-order valence-electron chi connectivity index (χ0n) is 6.44. The van der Waals surface area contributed by atoms with Gasteiger partial charge in [0.05, 0.1) is 6.44 Å². The fraction of sp³-hybridized carbons (Fsp3) is 0.400. The number of aliphatic hydroxyl groups excluding tert-OH is 1. The number of amides is 1. The lowest BCUT2D eigenvalue weighted by molar-refractivity contribution is 0.214. The third kappa shape index (κ3) is 2.57. The Bertz CT molecular complexity index is 210. The first-order valence-corrected chi connectivity index (χ1v) is 4.48. The minimum atomic E-state index is -0.610. The number of rotatable bonds is 2. The van der Waals surface area contributed by atoms with Crippen LogP contribution in [0.1, 0.15) is 0 Å². The molecule has 0 saturated heterocycles. The van der Waals surface area contributed by atoms with Crippen LogP contribution in [0, 0.1) is 0 Å². The summed E-state index contributed by atoms with van der Waals surface area (Å²) < 4.78 is 9.53. The van der Waals surface area contributed by atoms with Crippen LogP contribution in [0.5, 0.6) is 0 Å². The van der Waals surface area contributed by atoms with Crippen molar-refractivity contribution in [1.29, 1.82) is 0 Å². The number of carbonyl (C=O) groups excluding carboxylic acids is 1. The molecule has 1 heterocycles. The highest BCUT2D eigenvalue weighted by atomic mass is 32.2. The molecule has 0 fully saturated rings. The molecule has 2 N–H and O–H groups in total. The average Bonchev–Trinajstić information content (AvgIpc) is 2.47.